The van der Waals surface area contributed by atoms with Gasteiger partial charge in [-0.15, -0.1) is 0 Å². The molecule has 1 amide bonds. The van der Waals surface area contributed by atoms with Gasteiger partial charge in [0, 0.05) is 45.3 Å². The second-order valence-electron chi connectivity index (χ2n) is 5.64. The molecule has 4 nitrogen and oxygen atoms in total. The molecule has 0 aromatic heterocycles. The Labute approximate surface area is 104 Å². The van der Waals surface area contributed by atoms with E-state index in [2.05, 4.69) is 24.1 Å². The Hall–Kier alpha value is -0.610. The number of fused-ring (bicyclic) bond motifs is 1. The first-order chi connectivity index (χ1) is 8.13. The summed E-state index contributed by atoms with van der Waals surface area (Å²) in [5.74, 6) is 1.29. The van der Waals surface area contributed by atoms with E-state index in [0.717, 1.165) is 19.5 Å². The largest absolute Gasteiger partial charge is 0.384 e. The van der Waals surface area contributed by atoms with Gasteiger partial charge in [0.2, 0.25) is 5.91 Å². The molecular formula is C13H24N2O2. The van der Waals surface area contributed by atoms with Gasteiger partial charge in [-0.2, -0.15) is 0 Å². The number of nitrogens with one attached hydrogen (secondary N) is 1. The molecule has 17 heavy (non-hydrogen) atoms. The Morgan fingerprint density at radius 2 is 2.29 bits per heavy atom. The lowest BCUT2D eigenvalue weighted by atomic mass is 10.0. The zero-order valence-electron chi connectivity index (χ0n) is 11.1. The van der Waals surface area contributed by atoms with E-state index >= 15 is 0 Å². The van der Waals surface area contributed by atoms with Crippen LogP contribution in [0.2, 0.25) is 0 Å². The highest BCUT2D eigenvalue weighted by Gasteiger charge is 2.43. The van der Waals surface area contributed by atoms with Gasteiger partial charge in [0.15, 0.2) is 0 Å². The molecule has 4 unspecified atom stereocenters. The lowest BCUT2D eigenvalue weighted by molar-refractivity contribution is -0.135. The summed E-state index contributed by atoms with van der Waals surface area (Å²) < 4.78 is 5.10. The topological polar surface area (TPSA) is 41.6 Å². The molecule has 0 spiro atoms. The summed E-state index contributed by atoms with van der Waals surface area (Å²) in [6.07, 6.45) is 1.77. The average molecular weight is 240 g/mol. The van der Waals surface area contributed by atoms with E-state index in [9.17, 15) is 4.79 Å². The number of hydrogen-bond donors (Lipinski definition) is 1. The average Bonchev–Trinajstić information content (AvgIpc) is 2.76. The van der Waals surface area contributed by atoms with Crippen LogP contribution >= 0.6 is 0 Å². The molecule has 4 atom stereocenters. The van der Waals surface area contributed by atoms with E-state index in [1.165, 1.54) is 0 Å². The number of carbonyl (C=O) groups is 1. The summed E-state index contributed by atoms with van der Waals surface area (Å²) in [4.78, 5) is 14.4. The molecule has 2 aliphatic rings. The van der Waals surface area contributed by atoms with Crippen LogP contribution < -0.4 is 5.32 Å². The van der Waals surface area contributed by atoms with Crippen molar-refractivity contribution in [2.75, 3.05) is 26.8 Å². The van der Waals surface area contributed by atoms with Crippen LogP contribution in [0.15, 0.2) is 0 Å². The number of likely N-dealkylation sites (tertiary alicyclic amines) is 1. The smallest absolute Gasteiger partial charge is 0.223 e. The van der Waals surface area contributed by atoms with Gasteiger partial charge >= 0.3 is 0 Å². The Morgan fingerprint density at radius 1 is 1.53 bits per heavy atom. The predicted octanol–water partition coefficient (Wildman–Crippen LogP) is 0.868. The van der Waals surface area contributed by atoms with Crippen LogP contribution in [0.3, 0.4) is 0 Å². The van der Waals surface area contributed by atoms with E-state index in [4.69, 9.17) is 4.74 Å². The molecule has 98 valence electrons. The van der Waals surface area contributed by atoms with Crippen LogP contribution in [-0.2, 0) is 9.53 Å². The third-order valence-electron chi connectivity index (χ3n) is 4.04. The Kier molecular flexibility index (Phi) is 4.05. The first kappa shape index (κ1) is 12.8. The van der Waals surface area contributed by atoms with Gasteiger partial charge in [-0.1, -0.05) is 6.92 Å². The van der Waals surface area contributed by atoms with E-state index < -0.39 is 0 Å². The van der Waals surface area contributed by atoms with Gasteiger partial charge < -0.3 is 15.0 Å². The second kappa shape index (κ2) is 5.36. The van der Waals surface area contributed by atoms with Gasteiger partial charge in [0.05, 0.1) is 0 Å². The summed E-state index contributed by atoms with van der Waals surface area (Å²) in [6.45, 7) is 6.97. The fourth-order valence-electron chi connectivity index (χ4n) is 3.34. The molecule has 0 aromatic rings. The molecule has 4 heteroatoms. The quantitative estimate of drug-likeness (QED) is 0.793. The van der Waals surface area contributed by atoms with Crippen molar-refractivity contribution in [2.45, 2.75) is 38.8 Å². The van der Waals surface area contributed by atoms with Crippen molar-refractivity contribution in [1.29, 1.82) is 0 Å². The van der Waals surface area contributed by atoms with E-state index in [1.807, 2.05) is 0 Å². The zero-order valence-corrected chi connectivity index (χ0v) is 11.1. The molecule has 1 N–H and O–H groups in total. The van der Waals surface area contributed by atoms with Crippen molar-refractivity contribution in [3.05, 3.63) is 0 Å². The number of hydrogen-bond acceptors (Lipinski definition) is 3. The minimum absolute atomic E-state index is 0.304. The first-order valence-electron chi connectivity index (χ1n) is 6.64. The van der Waals surface area contributed by atoms with Crippen LogP contribution in [0, 0.1) is 11.8 Å². The maximum atomic E-state index is 12.3. The van der Waals surface area contributed by atoms with Crippen molar-refractivity contribution in [2.24, 2.45) is 11.8 Å². The maximum Gasteiger partial charge on any atom is 0.223 e. The van der Waals surface area contributed by atoms with Crippen LogP contribution in [0.4, 0.5) is 0 Å². The maximum absolute atomic E-state index is 12.3. The third-order valence-corrected chi connectivity index (χ3v) is 4.04. The van der Waals surface area contributed by atoms with E-state index in [0.29, 0.717) is 42.9 Å². The first-order valence-corrected chi connectivity index (χ1v) is 6.64. The summed E-state index contributed by atoms with van der Waals surface area (Å²) in [5.41, 5.74) is 0. The summed E-state index contributed by atoms with van der Waals surface area (Å²) in [7, 11) is 1.69. The fraction of sp³-hybridized carbons (Fsp3) is 0.923. The molecule has 2 fully saturated rings. The number of ether oxygens (including phenoxy) is 1. The number of amides is 1. The monoisotopic (exact) mass is 240 g/mol. The Morgan fingerprint density at radius 3 is 3.00 bits per heavy atom. The lowest BCUT2D eigenvalue weighted by Crippen LogP contribution is -2.43. The summed E-state index contributed by atoms with van der Waals surface area (Å²) in [6, 6.07) is 0.849. The SMILES string of the molecule is COCC(C)CC(=O)N1C(C)CC2CNCC21. The minimum atomic E-state index is 0.304. The highest BCUT2D eigenvalue weighted by molar-refractivity contribution is 5.77. The van der Waals surface area contributed by atoms with Gasteiger partial charge in [-0.25, -0.2) is 0 Å². The van der Waals surface area contributed by atoms with Crippen molar-refractivity contribution < 1.29 is 9.53 Å². The normalized spacial score (nSPS) is 33.8. The number of rotatable bonds is 4. The molecule has 2 aliphatic heterocycles. The minimum Gasteiger partial charge on any atom is -0.384 e. The van der Waals surface area contributed by atoms with Gasteiger partial charge in [-0.3, -0.25) is 4.79 Å². The fourth-order valence-corrected chi connectivity index (χ4v) is 3.34. The summed E-state index contributed by atoms with van der Waals surface area (Å²) >= 11 is 0. The lowest BCUT2D eigenvalue weighted by Gasteiger charge is -2.28. The molecular weight excluding hydrogens is 216 g/mol. The molecule has 0 radical (unpaired) electrons. The van der Waals surface area contributed by atoms with Gasteiger partial charge in [0.25, 0.3) is 0 Å². The molecule has 0 bridgehead atoms. The molecule has 0 saturated carbocycles. The van der Waals surface area contributed by atoms with Crippen LogP contribution in [-0.4, -0.2) is 49.7 Å². The third kappa shape index (κ3) is 2.63. The van der Waals surface area contributed by atoms with E-state index in [-0.39, 0.29) is 0 Å². The highest BCUT2D eigenvalue weighted by atomic mass is 16.5. The molecule has 2 heterocycles. The second-order valence-corrected chi connectivity index (χ2v) is 5.64. The predicted molar refractivity (Wildman–Crippen MR) is 66.7 cm³/mol. The van der Waals surface area contributed by atoms with Crippen LogP contribution in [0.5, 0.6) is 0 Å². The molecule has 2 saturated heterocycles. The molecule has 0 aromatic carbocycles. The number of carbonyl (C=O) groups excluding carboxylic acids is 1. The van der Waals surface area contributed by atoms with Crippen molar-refractivity contribution in [1.82, 2.24) is 10.2 Å². The number of nitrogens with zero attached hydrogens (tertiary/aromatic N) is 1. The standard InChI is InChI=1S/C13H24N2O2/c1-9(8-17-3)4-13(16)15-10(2)5-11-6-14-7-12(11)15/h9-12,14H,4-8H2,1-3H3. The molecule has 0 aliphatic carbocycles. The van der Waals surface area contributed by atoms with Crippen molar-refractivity contribution >= 4 is 5.91 Å². The summed E-state index contributed by atoms with van der Waals surface area (Å²) in [5, 5.41) is 3.39. The van der Waals surface area contributed by atoms with Crippen molar-refractivity contribution in [3.63, 3.8) is 0 Å². The van der Waals surface area contributed by atoms with Gasteiger partial charge in [-0.05, 0) is 25.2 Å². The molecule has 2 rings (SSSR count). The highest BCUT2D eigenvalue weighted by Crippen LogP contribution is 2.32. The Bertz CT molecular complexity index is 283. The number of methoxy groups -OCH3 is 1. The Balaban J connectivity index is 1.94. The van der Waals surface area contributed by atoms with Crippen LogP contribution in [0.25, 0.3) is 0 Å². The van der Waals surface area contributed by atoms with Gasteiger partial charge in [0.1, 0.15) is 0 Å². The zero-order chi connectivity index (χ0) is 12.4. The van der Waals surface area contributed by atoms with E-state index in [1.54, 1.807) is 7.11 Å². The van der Waals surface area contributed by atoms with Crippen molar-refractivity contribution in [3.8, 4) is 0 Å². The van der Waals surface area contributed by atoms with Crippen LogP contribution in [0.1, 0.15) is 26.7 Å².